The Balaban J connectivity index is 1.29. The number of ether oxygens (including phenoxy) is 1. The third kappa shape index (κ3) is 4.89. The number of fused-ring (bicyclic) bond motifs is 3. The molecule has 7 nitrogen and oxygen atoms in total. The Hall–Kier alpha value is -3.84. The first-order valence-corrected chi connectivity index (χ1v) is 11.2. The van der Waals surface area contributed by atoms with E-state index in [1.165, 1.54) is 18.2 Å². The Morgan fingerprint density at radius 3 is 2.21 bits per heavy atom. The van der Waals surface area contributed by atoms with Crippen molar-refractivity contribution >= 4 is 35.3 Å². The Labute approximate surface area is 201 Å². The number of hydrogen-bond donors (Lipinski definition) is 3. The summed E-state index contributed by atoms with van der Waals surface area (Å²) in [5.74, 6) is -2.10. The Morgan fingerprint density at radius 1 is 1.00 bits per heavy atom. The van der Waals surface area contributed by atoms with Crippen LogP contribution in [-0.4, -0.2) is 36.2 Å². The average molecular weight is 479 g/mol. The zero-order valence-electron chi connectivity index (χ0n) is 18.4. The van der Waals surface area contributed by atoms with Crippen molar-refractivity contribution < 1.29 is 24.2 Å². The fourth-order valence-electron chi connectivity index (χ4n) is 4.01. The SMILES string of the molecule is CC(CNC(=O)OCC1c2ccccc2-c2ccccc21)C(=O)Nc1ccc(C(=O)O)c(Cl)c1. The molecule has 34 heavy (non-hydrogen) atoms. The van der Waals surface area contributed by atoms with Crippen molar-refractivity contribution in [1.29, 1.82) is 0 Å². The second-order valence-electron chi connectivity index (χ2n) is 8.10. The minimum Gasteiger partial charge on any atom is -0.478 e. The Bertz CT molecular complexity index is 1210. The highest BCUT2D eigenvalue weighted by atomic mass is 35.5. The minimum absolute atomic E-state index is 0.0229. The Kier molecular flexibility index (Phi) is 6.84. The largest absolute Gasteiger partial charge is 0.478 e. The van der Waals surface area contributed by atoms with Crippen LogP contribution in [0.5, 0.6) is 0 Å². The fraction of sp³-hybridized carbons (Fsp3) is 0.192. The van der Waals surface area contributed by atoms with E-state index in [4.69, 9.17) is 21.4 Å². The molecule has 0 spiro atoms. The van der Waals surface area contributed by atoms with Gasteiger partial charge in [-0.1, -0.05) is 67.1 Å². The quantitative estimate of drug-likeness (QED) is 0.435. The maximum atomic E-state index is 12.4. The molecule has 174 valence electrons. The van der Waals surface area contributed by atoms with Gasteiger partial charge in [0.15, 0.2) is 0 Å². The van der Waals surface area contributed by atoms with Crippen molar-refractivity contribution in [1.82, 2.24) is 5.32 Å². The predicted molar refractivity (Wildman–Crippen MR) is 129 cm³/mol. The topological polar surface area (TPSA) is 105 Å². The molecule has 1 unspecified atom stereocenters. The first-order valence-electron chi connectivity index (χ1n) is 10.8. The van der Waals surface area contributed by atoms with Gasteiger partial charge in [0, 0.05) is 18.2 Å². The molecule has 0 saturated heterocycles. The van der Waals surface area contributed by atoms with E-state index in [1.54, 1.807) is 6.92 Å². The summed E-state index contributed by atoms with van der Waals surface area (Å²) in [5.41, 5.74) is 4.86. The van der Waals surface area contributed by atoms with Gasteiger partial charge in [-0.25, -0.2) is 9.59 Å². The molecule has 2 amide bonds. The van der Waals surface area contributed by atoms with Crippen LogP contribution in [0, 0.1) is 5.92 Å². The molecule has 0 saturated carbocycles. The van der Waals surface area contributed by atoms with Crippen LogP contribution < -0.4 is 10.6 Å². The van der Waals surface area contributed by atoms with Crippen molar-refractivity contribution in [2.45, 2.75) is 12.8 Å². The molecule has 0 heterocycles. The number of carbonyl (C=O) groups is 3. The van der Waals surface area contributed by atoms with Crippen LogP contribution >= 0.6 is 11.6 Å². The minimum atomic E-state index is -1.15. The number of rotatable bonds is 7. The number of hydrogen-bond acceptors (Lipinski definition) is 4. The molecule has 1 aliphatic rings. The Morgan fingerprint density at radius 2 is 1.62 bits per heavy atom. The smallest absolute Gasteiger partial charge is 0.407 e. The molecule has 8 heteroatoms. The third-order valence-corrected chi connectivity index (χ3v) is 6.12. The van der Waals surface area contributed by atoms with Crippen LogP contribution in [0.3, 0.4) is 0 Å². The number of alkyl carbamates (subject to hydrolysis) is 1. The van der Waals surface area contributed by atoms with Crippen LogP contribution in [0.25, 0.3) is 11.1 Å². The predicted octanol–water partition coefficient (Wildman–Crippen LogP) is 5.15. The van der Waals surface area contributed by atoms with Gasteiger partial charge in [0.25, 0.3) is 0 Å². The summed E-state index contributed by atoms with van der Waals surface area (Å²) < 4.78 is 5.48. The molecule has 1 atom stereocenters. The van der Waals surface area contributed by atoms with E-state index in [-0.39, 0.29) is 35.6 Å². The summed E-state index contributed by atoms with van der Waals surface area (Å²) in [6.45, 7) is 1.92. The molecule has 0 fully saturated rings. The molecule has 0 radical (unpaired) electrons. The first-order chi connectivity index (χ1) is 16.3. The van der Waals surface area contributed by atoms with Crippen molar-refractivity contribution in [2.24, 2.45) is 5.92 Å². The third-order valence-electron chi connectivity index (χ3n) is 5.81. The molecule has 3 aromatic carbocycles. The normalized spacial score (nSPS) is 12.9. The molecule has 0 aromatic heterocycles. The standard InChI is InChI=1S/C26H23ClN2O5/c1-15(24(30)29-16-10-11-21(25(31)32)23(27)12-16)13-28-26(33)34-14-22-19-8-4-2-6-17(19)18-7-3-5-9-20(18)22/h2-12,15,22H,13-14H2,1H3,(H,28,33)(H,29,30)(H,31,32). The first kappa shape index (κ1) is 23.3. The van der Waals surface area contributed by atoms with E-state index in [1.807, 2.05) is 36.4 Å². The lowest BCUT2D eigenvalue weighted by atomic mass is 9.98. The zero-order chi connectivity index (χ0) is 24.2. The van der Waals surface area contributed by atoms with Crippen LogP contribution in [-0.2, 0) is 9.53 Å². The molecule has 3 aromatic rings. The lowest BCUT2D eigenvalue weighted by molar-refractivity contribution is -0.119. The fourth-order valence-corrected chi connectivity index (χ4v) is 4.27. The summed E-state index contributed by atoms with van der Waals surface area (Å²) in [6, 6.07) is 20.3. The molecule has 1 aliphatic carbocycles. The number of nitrogens with one attached hydrogen (secondary N) is 2. The summed E-state index contributed by atoms with van der Waals surface area (Å²) in [5, 5.41) is 14.4. The van der Waals surface area contributed by atoms with Gasteiger partial charge in [0.2, 0.25) is 5.91 Å². The second-order valence-corrected chi connectivity index (χ2v) is 8.50. The number of carbonyl (C=O) groups excluding carboxylic acids is 2. The number of anilines is 1. The molecule has 4 rings (SSSR count). The van der Waals surface area contributed by atoms with Gasteiger partial charge in [-0.3, -0.25) is 4.79 Å². The van der Waals surface area contributed by atoms with Crippen LogP contribution in [0.4, 0.5) is 10.5 Å². The average Bonchev–Trinajstić information content (AvgIpc) is 3.14. The lowest BCUT2D eigenvalue weighted by Gasteiger charge is -2.16. The van der Waals surface area contributed by atoms with Gasteiger partial charge in [-0.2, -0.15) is 0 Å². The van der Waals surface area contributed by atoms with E-state index < -0.39 is 18.0 Å². The van der Waals surface area contributed by atoms with Gasteiger partial charge in [0.05, 0.1) is 16.5 Å². The molecular formula is C26H23ClN2O5. The highest BCUT2D eigenvalue weighted by molar-refractivity contribution is 6.33. The maximum Gasteiger partial charge on any atom is 0.407 e. The van der Waals surface area contributed by atoms with E-state index in [2.05, 4.69) is 22.8 Å². The number of halogens is 1. The number of carboxylic acid groups (broad SMARTS) is 1. The molecule has 0 aliphatic heterocycles. The molecule has 3 N–H and O–H groups in total. The van der Waals surface area contributed by atoms with Crippen molar-refractivity contribution in [3.8, 4) is 11.1 Å². The van der Waals surface area contributed by atoms with Gasteiger partial charge < -0.3 is 20.5 Å². The number of carboxylic acids is 1. The summed E-state index contributed by atoms with van der Waals surface area (Å²) in [6.07, 6.45) is -0.602. The van der Waals surface area contributed by atoms with E-state index in [9.17, 15) is 14.4 Å². The summed E-state index contributed by atoms with van der Waals surface area (Å²) in [4.78, 5) is 35.8. The van der Waals surface area contributed by atoms with E-state index in [0.29, 0.717) is 5.69 Å². The van der Waals surface area contributed by atoms with Crippen LogP contribution in [0.15, 0.2) is 66.7 Å². The van der Waals surface area contributed by atoms with Gasteiger partial charge in [-0.15, -0.1) is 0 Å². The summed E-state index contributed by atoms with van der Waals surface area (Å²) in [7, 11) is 0. The van der Waals surface area contributed by atoms with Crippen LogP contribution in [0.1, 0.15) is 34.3 Å². The lowest BCUT2D eigenvalue weighted by Crippen LogP contribution is -2.35. The molecular weight excluding hydrogens is 456 g/mol. The molecule has 0 bridgehead atoms. The monoisotopic (exact) mass is 478 g/mol. The second kappa shape index (κ2) is 9.97. The van der Waals surface area contributed by atoms with Crippen LogP contribution in [0.2, 0.25) is 5.02 Å². The van der Waals surface area contributed by atoms with Gasteiger partial charge in [-0.05, 0) is 40.5 Å². The van der Waals surface area contributed by atoms with Gasteiger partial charge >= 0.3 is 12.1 Å². The zero-order valence-corrected chi connectivity index (χ0v) is 19.1. The number of aromatic carboxylic acids is 1. The number of amides is 2. The van der Waals surface area contributed by atoms with Crippen molar-refractivity contribution in [2.75, 3.05) is 18.5 Å². The maximum absolute atomic E-state index is 12.4. The van der Waals surface area contributed by atoms with Crippen molar-refractivity contribution in [3.63, 3.8) is 0 Å². The highest BCUT2D eigenvalue weighted by Gasteiger charge is 2.29. The van der Waals surface area contributed by atoms with Crippen molar-refractivity contribution in [3.05, 3.63) is 88.4 Å². The van der Waals surface area contributed by atoms with E-state index >= 15 is 0 Å². The van der Waals surface area contributed by atoms with E-state index in [0.717, 1.165) is 22.3 Å². The summed E-state index contributed by atoms with van der Waals surface area (Å²) >= 11 is 5.94. The highest BCUT2D eigenvalue weighted by Crippen LogP contribution is 2.44. The number of benzene rings is 3. The van der Waals surface area contributed by atoms with Gasteiger partial charge in [0.1, 0.15) is 6.61 Å².